The molecule has 2 aromatic carbocycles. The molecule has 0 aliphatic heterocycles. The van der Waals surface area contributed by atoms with E-state index in [1.165, 1.54) is 32.1 Å². The van der Waals surface area contributed by atoms with E-state index in [2.05, 4.69) is 6.92 Å². The normalized spacial score (nSPS) is 11.9. The maximum absolute atomic E-state index is 12.3. The Bertz CT molecular complexity index is 639. The van der Waals surface area contributed by atoms with Gasteiger partial charge in [-0.1, -0.05) is 106 Å². The molecule has 28 heavy (non-hydrogen) atoms. The highest BCUT2D eigenvalue weighted by Gasteiger charge is 2.16. The van der Waals surface area contributed by atoms with Crippen LogP contribution in [0.5, 0.6) is 0 Å². The molecule has 0 saturated heterocycles. The van der Waals surface area contributed by atoms with E-state index in [-0.39, 0.29) is 5.97 Å². The minimum Gasteiger partial charge on any atom is -0.435 e. The average molecular weight is 383 g/mol. The highest BCUT2D eigenvalue weighted by Crippen LogP contribution is 2.13. The molecule has 0 heterocycles. The summed E-state index contributed by atoms with van der Waals surface area (Å²) in [6.07, 6.45) is 8.79. The van der Waals surface area contributed by atoms with Crippen molar-refractivity contribution in [2.24, 2.45) is 0 Å². The van der Waals surface area contributed by atoms with Crippen LogP contribution in [0.2, 0.25) is 0 Å². The first-order valence-corrected chi connectivity index (χ1v) is 10.7. The molecule has 2 aromatic rings. The lowest BCUT2D eigenvalue weighted by molar-refractivity contribution is -0.181. The Morgan fingerprint density at radius 2 is 1.36 bits per heavy atom. The number of hydrogen-bond donors (Lipinski definition) is 0. The molecule has 0 fully saturated rings. The zero-order valence-corrected chi connectivity index (χ0v) is 17.1. The second-order valence-electron chi connectivity index (χ2n) is 7.28. The van der Waals surface area contributed by atoms with Crippen LogP contribution >= 0.6 is 0 Å². The molecule has 0 aromatic heterocycles. The zero-order valence-electron chi connectivity index (χ0n) is 17.1. The summed E-state index contributed by atoms with van der Waals surface area (Å²) in [6, 6.07) is 20.0. The molecule has 0 aliphatic rings. The molecule has 3 heteroatoms. The Balaban J connectivity index is 1.76. The SMILES string of the molecule is CCCCCCCCCC(=O)OC(Cc1ccccc1)OCc1ccccc1. The van der Waals surface area contributed by atoms with E-state index >= 15 is 0 Å². The second kappa shape index (κ2) is 14.0. The highest BCUT2D eigenvalue weighted by atomic mass is 16.7. The van der Waals surface area contributed by atoms with Crippen LogP contribution in [0.3, 0.4) is 0 Å². The fourth-order valence-electron chi connectivity index (χ4n) is 3.14. The molecule has 0 bridgehead atoms. The van der Waals surface area contributed by atoms with Crippen molar-refractivity contribution in [3.05, 3.63) is 71.8 Å². The van der Waals surface area contributed by atoms with Gasteiger partial charge < -0.3 is 9.47 Å². The molecule has 0 N–H and O–H groups in total. The van der Waals surface area contributed by atoms with Crippen LogP contribution in [-0.2, 0) is 27.3 Å². The number of carbonyl (C=O) groups excluding carboxylic acids is 1. The van der Waals surface area contributed by atoms with Gasteiger partial charge in [-0.3, -0.25) is 4.79 Å². The number of benzene rings is 2. The Hall–Kier alpha value is -2.13. The quantitative estimate of drug-likeness (QED) is 0.214. The van der Waals surface area contributed by atoms with Gasteiger partial charge in [0.2, 0.25) is 6.29 Å². The van der Waals surface area contributed by atoms with E-state index in [1.54, 1.807) is 0 Å². The molecule has 0 amide bonds. The second-order valence-corrected chi connectivity index (χ2v) is 7.28. The Morgan fingerprint density at radius 3 is 2.00 bits per heavy atom. The van der Waals surface area contributed by atoms with Gasteiger partial charge in [0.25, 0.3) is 0 Å². The highest BCUT2D eigenvalue weighted by molar-refractivity contribution is 5.69. The van der Waals surface area contributed by atoms with Gasteiger partial charge in [-0.15, -0.1) is 0 Å². The summed E-state index contributed by atoms with van der Waals surface area (Å²) in [7, 11) is 0. The summed E-state index contributed by atoms with van der Waals surface area (Å²) in [5.41, 5.74) is 2.17. The number of carbonyl (C=O) groups is 1. The molecule has 0 saturated carbocycles. The minimum atomic E-state index is -0.556. The predicted molar refractivity (Wildman–Crippen MR) is 114 cm³/mol. The molecule has 0 aliphatic carbocycles. The van der Waals surface area contributed by atoms with E-state index in [4.69, 9.17) is 9.47 Å². The van der Waals surface area contributed by atoms with Crippen molar-refractivity contribution in [1.29, 1.82) is 0 Å². The molecule has 1 atom stereocenters. The predicted octanol–water partition coefficient (Wildman–Crippen LogP) is 6.46. The molecule has 152 valence electrons. The summed E-state index contributed by atoms with van der Waals surface area (Å²) in [4.78, 5) is 12.3. The van der Waals surface area contributed by atoms with Gasteiger partial charge >= 0.3 is 5.97 Å². The van der Waals surface area contributed by atoms with Crippen molar-refractivity contribution in [2.75, 3.05) is 0 Å². The molecule has 0 radical (unpaired) electrons. The maximum atomic E-state index is 12.3. The Labute approximate surface area is 170 Å². The van der Waals surface area contributed by atoms with Crippen LogP contribution in [0.4, 0.5) is 0 Å². The van der Waals surface area contributed by atoms with Gasteiger partial charge in [-0.05, 0) is 17.5 Å². The largest absolute Gasteiger partial charge is 0.435 e. The lowest BCUT2D eigenvalue weighted by Crippen LogP contribution is -2.24. The Morgan fingerprint density at radius 1 is 0.786 bits per heavy atom. The first-order chi connectivity index (χ1) is 13.8. The first kappa shape index (κ1) is 22.2. The number of ether oxygens (including phenoxy) is 2. The third-order valence-electron chi connectivity index (χ3n) is 4.77. The molecule has 2 rings (SSSR count). The van der Waals surface area contributed by atoms with E-state index in [1.807, 2.05) is 60.7 Å². The van der Waals surface area contributed by atoms with Crippen LogP contribution < -0.4 is 0 Å². The van der Waals surface area contributed by atoms with Crippen molar-refractivity contribution in [2.45, 2.75) is 77.6 Å². The van der Waals surface area contributed by atoms with Gasteiger partial charge in [0.05, 0.1) is 6.61 Å². The lowest BCUT2D eigenvalue weighted by atomic mass is 10.1. The fraction of sp³-hybridized carbons (Fsp3) is 0.480. The van der Waals surface area contributed by atoms with Crippen molar-refractivity contribution in [3.8, 4) is 0 Å². The summed E-state index contributed by atoms with van der Waals surface area (Å²) < 4.78 is 11.6. The van der Waals surface area contributed by atoms with Crippen LogP contribution in [-0.4, -0.2) is 12.3 Å². The molecule has 0 spiro atoms. The third-order valence-corrected chi connectivity index (χ3v) is 4.77. The monoisotopic (exact) mass is 382 g/mol. The van der Waals surface area contributed by atoms with Gasteiger partial charge in [0, 0.05) is 12.8 Å². The molecule has 3 nitrogen and oxygen atoms in total. The summed E-state index contributed by atoms with van der Waals surface area (Å²) >= 11 is 0. The van der Waals surface area contributed by atoms with Crippen LogP contribution in [0, 0.1) is 0 Å². The number of hydrogen-bond acceptors (Lipinski definition) is 3. The van der Waals surface area contributed by atoms with Crippen LogP contribution in [0.25, 0.3) is 0 Å². The zero-order chi connectivity index (χ0) is 19.9. The Kier molecular flexibility index (Phi) is 11.0. The number of unbranched alkanes of at least 4 members (excludes halogenated alkanes) is 6. The maximum Gasteiger partial charge on any atom is 0.308 e. The lowest BCUT2D eigenvalue weighted by Gasteiger charge is -2.19. The van der Waals surface area contributed by atoms with Crippen molar-refractivity contribution in [3.63, 3.8) is 0 Å². The van der Waals surface area contributed by atoms with Gasteiger partial charge in [0.1, 0.15) is 0 Å². The van der Waals surface area contributed by atoms with Crippen molar-refractivity contribution in [1.82, 2.24) is 0 Å². The summed E-state index contributed by atoms with van der Waals surface area (Å²) in [5.74, 6) is -0.164. The fourth-order valence-corrected chi connectivity index (χ4v) is 3.14. The van der Waals surface area contributed by atoms with Gasteiger partial charge in [-0.2, -0.15) is 0 Å². The van der Waals surface area contributed by atoms with Crippen LogP contribution in [0.1, 0.15) is 69.4 Å². The number of esters is 1. The third kappa shape index (κ3) is 9.70. The van der Waals surface area contributed by atoms with Crippen molar-refractivity contribution >= 4 is 5.97 Å². The van der Waals surface area contributed by atoms with Gasteiger partial charge in [-0.25, -0.2) is 0 Å². The van der Waals surface area contributed by atoms with E-state index in [9.17, 15) is 4.79 Å². The number of rotatable bonds is 14. The topological polar surface area (TPSA) is 35.5 Å². The van der Waals surface area contributed by atoms with E-state index in [0.29, 0.717) is 19.4 Å². The van der Waals surface area contributed by atoms with Gasteiger partial charge in [0.15, 0.2) is 0 Å². The molecule has 1 unspecified atom stereocenters. The molecular weight excluding hydrogens is 348 g/mol. The summed E-state index contributed by atoms with van der Waals surface area (Å²) in [6.45, 7) is 2.66. The first-order valence-electron chi connectivity index (χ1n) is 10.7. The smallest absolute Gasteiger partial charge is 0.308 e. The van der Waals surface area contributed by atoms with E-state index in [0.717, 1.165) is 24.0 Å². The summed E-state index contributed by atoms with van der Waals surface area (Å²) in [5, 5.41) is 0. The van der Waals surface area contributed by atoms with Crippen molar-refractivity contribution < 1.29 is 14.3 Å². The standard InChI is InChI=1S/C25H34O3/c1-2-3-4-5-6-7-14-19-24(26)28-25(20-22-15-10-8-11-16-22)27-21-23-17-12-9-13-18-23/h8-13,15-18,25H,2-7,14,19-21H2,1H3. The van der Waals surface area contributed by atoms with E-state index < -0.39 is 6.29 Å². The van der Waals surface area contributed by atoms with Crippen LogP contribution in [0.15, 0.2) is 60.7 Å². The molecular formula is C25H34O3. The average Bonchev–Trinajstić information content (AvgIpc) is 2.73. The minimum absolute atomic E-state index is 0.164.